The lowest BCUT2D eigenvalue weighted by atomic mass is 9.44. The van der Waals surface area contributed by atoms with Gasteiger partial charge in [0, 0.05) is 0 Å². The van der Waals surface area contributed by atoms with Gasteiger partial charge in [0.15, 0.2) is 0 Å². The Hall–Kier alpha value is -0.520. The lowest BCUT2D eigenvalue weighted by Crippen LogP contribution is -2.50. The molecule has 0 heterocycles. The second-order valence-corrected chi connectivity index (χ2v) is 5.40. The molecule has 14 heavy (non-hydrogen) atoms. The summed E-state index contributed by atoms with van der Waals surface area (Å²) in [6.07, 6.45) is 21.3. The SMILES string of the molecule is C1=C[C@@]2(CCC1)CC[C@]21C=CCCC1. The van der Waals surface area contributed by atoms with Gasteiger partial charge in [-0.1, -0.05) is 24.3 Å². The molecular weight excluding hydrogens is 168 g/mol. The number of hydrogen-bond acceptors (Lipinski definition) is 0. The molecule has 0 aromatic carbocycles. The molecule has 0 aromatic rings. The summed E-state index contributed by atoms with van der Waals surface area (Å²) in [5.74, 6) is 0. The quantitative estimate of drug-likeness (QED) is 0.499. The van der Waals surface area contributed by atoms with Gasteiger partial charge >= 0.3 is 0 Å². The number of allylic oxidation sites excluding steroid dienone is 4. The van der Waals surface area contributed by atoms with Gasteiger partial charge in [-0.2, -0.15) is 0 Å². The van der Waals surface area contributed by atoms with Crippen molar-refractivity contribution in [3.8, 4) is 0 Å². The molecule has 2 atom stereocenters. The van der Waals surface area contributed by atoms with Gasteiger partial charge in [0.05, 0.1) is 0 Å². The van der Waals surface area contributed by atoms with Crippen molar-refractivity contribution < 1.29 is 0 Å². The van der Waals surface area contributed by atoms with Crippen molar-refractivity contribution in [1.82, 2.24) is 0 Å². The van der Waals surface area contributed by atoms with Crippen molar-refractivity contribution >= 4 is 0 Å². The summed E-state index contributed by atoms with van der Waals surface area (Å²) in [5.41, 5.74) is 1.20. The number of hydrogen-bond donors (Lipinski definition) is 0. The van der Waals surface area contributed by atoms with E-state index in [2.05, 4.69) is 24.3 Å². The zero-order valence-electron chi connectivity index (χ0n) is 8.97. The summed E-state index contributed by atoms with van der Waals surface area (Å²) in [5, 5.41) is 0. The molecule has 1 fully saturated rings. The zero-order chi connectivity index (χ0) is 9.49. The van der Waals surface area contributed by atoms with Crippen LogP contribution in [0.2, 0.25) is 0 Å². The smallest absolute Gasteiger partial charge is 0.00269 e. The van der Waals surface area contributed by atoms with Crippen LogP contribution in [-0.2, 0) is 0 Å². The summed E-state index contributed by atoms with van der Waals surface area (Å²) in [7, 11) is 0. The van der Waals surface area contributed by atoms with Gasteiger partial charge in [-0.25, -0.2) is 0 Å². The Labute approximate surface area is 87.1 Å². The van der Waals surface area contributed by atoms with Crippen molar-refractivity contribution in [2.45, 2.75) is 51.4 Å². The standard InChI is InChI=1S/C14H20/c1-3-7-13(8-4-1)11-12-14(13)9-5-2-6-10-14/h3,5,7,9H,1-2,4,6,8,10-12H2/t13-,14-/m1/s1. The average Bonchev–Trinajstić information content (AvgIpc) is 2.30. The summed E-state index contributed by atoms with van der Waals surface area (Å²) in [6.45, 7) is 0. The second kappa shape index (κ2) is 2.98. The Morgan fingerprint density at radius 2 is 1.14 bits per heavy atom. The number of fused-ring (bicyclic) bond motifs is 1. The fraction of sp³-hybridized carbons (Fsp3) is 0.714. The van der Waals surface area contributed by atoms with Crippen LogP contribution in [0.4, 0.5) is 0 Å². The summed E-state index contributed by atoms with van der Waals surface area (Å²) >= 11 is 0. The molecule has 0 nitrogen and oxygen atoms in total. The minimum atomic E-state index is 0.599. The highest BCUT2D eigenvalue weighted by molar-refractivity contribution is 5.25. The minimum Gasteiger partial charge on any atom is -0.0879 e. The van der Waals surface area contributed by atoms with E-state index in [1.165, 1.54) is 51.4 Å². The fourth-order valence-corrected chi connectivity index (χ4v) is 3.87. The van der Waals surface area contributed by atoms with E-state index in [9.17, 15) is 0 Å². The molecule has 0 saturated heterocycles. The topological polar surface area (TPSA) is 0 Å². The molecule has 0 bridgehead atoms. The van der Waals surface area contributed by atoms with Crippen LogP contribution in [0.3, 0.4) is 0 Å². The van der Waals surface area contributed by atoms with Gasteiger partial charge in [-0.05, 0) is 62.2 Å². The first-order valence-electron chi connectivity index (χ1n) is 6.22. The lowest BCUT2D eigenvalue weighted by molar-refractivity contribution is -0.0200. The van der Waals surface area contributed by atoms with Crippen LogP contribution in [0.1, 0.15) is 51.4 Å². The van der Waals surface area contributed by atoms with Crippen LogP contribution in [0.15, 0.2) is 24.3 Å². The van der Waals surface area contributed by atoms with Crippen LogP contribution in [0.5, 0.6) is 0 Å². The van der Waals surface area contributed by atoms with E-state index in [0.29, 0.717) is 10.8 Å². The maximum Gasteiger partial charge on any atom is -0.00269 e. The van der Waals surface area contributed by atoms with Crippen molar-refractivity contribution in [1.29, 1.82) is 0 Å². The third kappa shape index (κ3) is 1.00. The van der Waals surface area contributed by atoms with Crippen LogP contribution in [0.25, 0.3) is 0 Å². The molecule has 0 amide bonds. The van der Waals surface area contributed by atoms with Crippen molar-refractivity contribution in [3.05, 3.63) is 24.3 Å². The monoisotopic (exact) mass is 188 g/mol. The summed E-state index contributed by atoms with van der Waals surface area (Å²) < 4.78 is 0. The Kier molecular flexibility index (Phi) is 1.87. The molecule has 1 saturated carbocycles. The zero-order valence-corrected chi connectivity index (χ0v) is 8.97. The van der Waals surface area contributed by atoms with Crippen molar-refractivity contribution in [2.24, 2.45) is 10.8 Å². The highest BCUT2D eigenvalue weighted by atomic mass is 14.6. The van der Waals surface area contributed by atoms with E-state index in [-0.39, 0.29) is 0 Å². The summed E-state index contributed by atoms with van der Waals surface area (Å²) in [6, 6.07) is 0. The molecule has 0 unspecified atom stereocenters. The second-order valence-electron chi connectivity index (χ2n) is 5.40. The molecule has 3 aliphatic carbocycles. The first-order valence-corrected chi connectivity index (χ1v) is 6.22. The predicted octanol–water partition coefficient (Wildman–Crippen LogP) is 4.23. The lowest BCUT2D eigenvalue weighted by Gasteiger charge is -2.59. The highest BCUT2D eigenvalue weighted by Gasteiger charge is 2.55. The molecular formula is C14H20. The largest absolute Gasteiger partial charge is 0.0879 e. The molecule has 0 aliphatic heterocycles. The normalized spacial score (nSPS) is 45.7. The van der Waals surface area contributed by atoms with Crippen molar-refractivity contribution in [3.63, 3.8) is 0 Å². The molecule has 3 aliphatic rings. The first-order chi connectivity index (χ1) is 6.87. The van der Waals surface area contributed by atoms with E-state index in [1.54, 1.807) is 0 Å². The van der Waals surface area contributed by atoms with E-state index in [0.717, 1.165) is 0 Å². The first kappa shape index (κ1) is 8.76. The summed E-state index contributed by atoms with van der Waals surface area (Å²) in [4.78, 5) is 0. The maximum absolute atomic E-state index is 2.57. The van der Waals surface area contributed by atoms with Crippen LogP contribution < -0.4 is 0 Å². The fourth-order valence-electron chi connectivity index (χ4n) is 3.87. The number of rotatable bonds is 0. The molecule has 0 aromatic heterocycles. The van der Waals surface area contributed by atoms with Crippen LogP contribution in [0, 0.1) is 10.8 Å². The Bertz CT molecular complexity index is 256. The predicted molar refractivity (Wildman–Crippen MR) is 60.1 cm³/mol. The van der Waals surface area contributed by atoms with Gasteiger partial charge in [-0.15, -0.1) is 0 Å². The van der Waals surface area contributed by atoms with Crippen LogP contribution >= 0.6 is 0 Å². The molecule has 2 spiro atoms. The van der Waals surface area contributed by atoms with E-state index < -0.39 is 0 Å². The average molecular weight is 188 g/mol. The molecule has 76 valence electrons. The van der Waals surface area contributed by atoms with Crippen molar-refractivity contribution in [2.75, 3.05) is 0 Å². The van der Waals surface area contributed by atoms with E-state index in [4.69, 9.17) is 0 Å². The molecule has 0 heteroatoms. The molecule has 3 rings (SSSR count). The van der Waals surface area contributed by atoms with E-state index in [1.807, 2.05) is 0 Å². The van der Waals surface area contributed by atoms with E-state index >= 15 is 0 Å². The molecule has 0 N–H and O–H groups in total. The Morgan fingerprint density at radius 3 is 1.43 bits per heavy atom. The third-order valence-electron chi connectivity index (χ3n) is 4.87. The van der Waals surface area contributed by atoms with Gasteiger partial charge < -0.3 is 0 Å². The maximum atomic E-state index is 2.57. The van der Waals surface area contributed by atoms with Crippen LogP contribution in [-0.4, -0.2) is 0 Å². The minimum absolute atomic E-state index is 0.599. The van der Waals surface area contributed by atoms with Gasteiger partial charge in [-0.3, -0.25) is 0 Å². The van der Waals surface area contributed by atoms with Gasteiger partial charge in [0.2, 0.25) is 0 Å². The third-order valence-corrected chi connectivity index (χ3v) is 4.87. The van der Waals surface area contributed by atoms with Gasteiger partial charge in [0.25, 0.3) is 0 Å². The molecule has 0 radical (unpaired) electrons. The highest BCUT2D eigenvalue weighted by Crippen LogP contribution is 2.65. The van der Waals surface area contributed by atoms with Gasteiger partial charge in [0.1, 0.15) is 0 Å². The Balaban J connectivity index is 1.93. The Morgan fingerprint density at radius 1 is 0.643 bits per heavy atom.